The van der Waals surface area contributed by atoms with Gasteiger partial charge in [0.2, 0.25) is 0 Å². The van der Waals surface area contributed by atoms with E-state index in [1.54, 1.807) is 0 Å². The first-order chi connectivity index (χ1) is 6.74. The summed E-state index contributed by atoms with van der Waals surface area (Å²) in [5.41, 5.74) is 0. The number of nitrogens with zero attached hydrogens (tertiary/aromatic N) is 1. The quantitative estimate of drug-likeness (QED) is 0.561. The van der Waals surface area contributed by atoms with E-state index in [4.69, 9.17) is 5.11 Å². The highest BCUT2D eigenvalue weighted by Crippen LogP contribution is 2.25. The van der Waals surface area contributed by atoms with E-state index in [0.717, 1.165) is 25.7 Å². The van der Waals surface area contributed by atoms with Crippen LogP contribution in [0.5, 0.6) is 0 Å². The summed E-state index contributed by atoms with van der Waals surface area (Å²) in [5.74, 6) is -0.730. The summed E-state index contributed by atoms with van der Waals surface area (Å²) >= 11 is 0. The Morgan fingerprint density at radius 3 is 2.71 bits per heavy atom. The summed E-state index contributed by atoms with van der Waals surface area (Å²) < 4.78 is 0. The minimum absolute atomic E-state index is 0.218. The van der Waals surface area contributed by atoms with E-state index in [1.807, 2.05) is 0 Å². The van der Waals surface area contributed by atoms with Crippen molar-refractivity contribution in [2.24, 2.45) is 0 Å². The molecule has 1 saturated carbocycles. The zero-order chi connectivity index (χ0) is 10.4. The Balaban J connectivity index is 1.93. The summed E-state index contributed by atoms with van der Waals surface area (Å²) in [7, 11) is 0. The molecule has 0 spiro atoms. The van der Waals surface area contributed by atoms with Crippen LogP contribution in [-0.2, 0) is 4.79 Å². The molecule has 0 amide bonds. The van der Waals surface area contributed by atoms with Gasteiger partial charge in [-0.15, -0.1) is 0 Å². The first-order valence-corrected chi connectivity index (χ1v) is 5.40. The molecule has 0 aromatic heterocycles. The number of hydrogen-bond acceptors (Lipinski definition) is 3. The molecule has 2 N–H and O–H groups in total. The lowest BCUT2D eigenvalue weighted by molar-refractivity contribution is -0.136. The average molecular weight is 200 g/mol. The fraction of sp³-hybridized carbons (Fsp3) is 0.900. The Labute approximate surface area is 85.3 Å². The molecule has 0 bridgehead atoms. The molecule has 14 heavy (non-hydrogen) atoms. The van der Waals surface area contributed by atoms with Crippen LogP contribution in [-0.4, -0.2) is 48.2 Å². The second kappa shape index (κ2) is 5.98. The van der Waals surface area contributed by atoms with Crippen LogP contribution in [0.3, 0.4) is 0 Å². The van der Waals surface area contributed by atoms with Gasteiger partial charge in [0.15, 0.2) is 0 Å². The van der Waals surface area contributed by atoms with Crippen LogP contribution in [0, 0.1) is 0 Å². The van der Waals surface area contributed by atoms with Crippen molar-refractivity contribution in [1.82, 2.24) is 10.2 Å². The van der Waals surface area contributed by atoms with Crippen molar-refractivity contribution >= 4 is 5.97 Å². The first-order valence-electron chi connectivity index (χ1n) is 5.40. The van der Waals surface area contributed by atoms with Gasteiger partial charge in [-0.1, -0.05) is 6.92 Å². The minimum atomic E-state index is -0.730. The smallest absolute Gasteiger partial charge is 0.304 e. The second-order valence-electron chi connectivity index (χ2n) is 3.75. The highest BCUT2D eigenvalue weighted by Gasteiger charge is 2.26. The molecule has 0 unspecified atom stereocenters. The summed E-state index contributed by atoms with van der Waals surface area (Å²) in [6.45, 7) is 5.80. The molecule has 1 aliphatic carbocycles. The van der Waals surface area contributed by atoms with Gasteiger partial charge in [-0.05, 0) is 19.4 Å². The molecular weight excluding hydrogens is 180 g/mol. The molecule has 0 saturated heterocycles. The van der Waals surface area contributed by atoms with Crippen molar-refractivity contribution in [2.45, 2.75) is 32.2 Å². The summed E-state index contributed by atoms with van der Waals surface area (Å²) in [5, 5.41) is 11.6. The highest BCUT2D eigenvalue weighted by molar-refractivity contribution is 5.66. The van der Waals surface area contributed by atoms with E-state index >= 15 is 0 Å². The molecule has 1 rings (SSSR count). The Morgan fingerprint density at radius 1 is 1.50 bits per heavy atom. The van der Waals surface area contributed by atoms with Gasteiger partial charge in [-0.2, -0.15) is 0 Å². The van der Waals surface area contributed by atoms with Crippen LogP contribution in [0.25, 0.3) is 0 Å². The number of nitrogens with one attached hydrogen (secondary N) is 1. The maximum atomic E-state index is 10.2. The van der Waals surface area contributed by atoms with Crippen molar-refractivity contribution < 1.29 is 9.90 Å². The molecule has 0 aromatic rings. The van der Waals surface area contributed by atoms with Gasteiger partial charge in [0.1, 0.15) is 0 Å². The van der Waals surface area contributed by atoms with E-state index in [0.29, 0.717) is 6.54 Å². The molecule has 0 aromatic carbocycles. The van der Waals surface area contributed by atoms with E-state index in [9.17, 15) is 4.79 Å². The van der Waals surface area contributed by atoms with Gasteiger partial charge in [0.25, 0.3) is 0 Å². The summed E-state index contributed by atoms with van der Waals surface area (Å²) in [6, 6.07) is 0.807. The number of carboxylic acid groups (broad SMARTS) is 1. The Bertz CT molecular complexity index is 181. The average Bonchev–Trinajstić information content (AvgIpc) is 2.94. The van der Waals surface area contributed by atoms with Crippen LogP contribution in [0.1, 0.15) is 26.2 Å². The lowest BCUT2D eigenvalue weighted by Gasteiger charge is -2.19. The number of rotatable bonds is 8. The predicted molar refractivity (Wildman–Crippen MR) is 55.4 cm³/mol. The Kier molecular flexibility index (Phi) is 4.90. The first kappa shape index (κ1) is 11.5. The molecule has 0 atom stereocenters. The van der Waals surface area contributed by atoms with Gasteiger partial charge in [-0.25, -0.2) is 0 Å². The molecule has 1 fully saturated rings. The molecule has 82 valence electrons. The Hall–Kier alpha value is -0.610. The fourth-order valence-electron chi connectivity index (χ4n) is 1.58. The summed E-state index contributed by atoms with van der Waals surface area (Å²) in [4.78, 5) is 12.7. The molecular formula is C10H20N2O2. The van der Waals surface area contributed by atoms with Crippen LogP contribution >= 0.6 is 0 Å². The monoisotopic (exact) mass is 200 g/mol. The molecule has 4 nitrogen and oxygen atoms in total. The molecule has 0 heterocycles. The third-order valence-corrected chi connectivity index (χ3v) is 2.56. The lowest BCUT2D eigenvalue weighted by atomic mass is 10.4. The van der Waals surface area contributed by atoms with Crippen LogP contribution in [0.4, 0.5) is 0 Å². The highest BCUT2D eigenvalue weighted by atomic mass is 16.4. The van der Waals surface area contributed by atoms with E-state index < -0.39 is 5.97 Å². The van der Waals surface area contributed by atoms with Crippen molar-refractivity contribution in [2.75, 3.05) is 26.2 Å². The number of carboxylic acids is 1. The van der Waals surface area contributed by atoms with Crippen LogP contribution in [0.2, 0.25) is 0 Å². The second-order valence-corrected chi connectivity index (χ2v) is 3.75. The summed E-state index contributed by atoms with van der Waals surface area (Å²) in [6.07, 6.45) is 2.89. The SMILES string of the molecule is CCN(CCNCCC(=O)O)C1CC1. The molecule has 0 radical (unpaired) electrons. The third kappa shape index (κ3) is 4.58. The predicted octanol–water partition coefficient (Wildman–Crippen LogP) is 0.535. The zero-order valence-electron chi connectivity index (χ0n) is 8.83. The molecule has 4 heteroatoms. The van der Waals surface area contributed by atoms with Gasteiger partial charge < -0.3 is 10.4 Å². The van der Waals surface area contributed by atoms with Crippen LogP contribution in [0.15, 0.2) is 0 Å². The number of aliphatic carboxylic acids is 1. The van der Waals surface area contributed by atoms with Crippen molar-refractivity contribution in [3.8, 4) is 0 Å². The zero-order valence-corrected chi connectivity index (χ0v) is 8.83. The maximum Gasteiger partial charge on any atom is 0.304 e. The van der Waals surface area contributed by atoms with Gasteiger partial charge in [0, 0.05) is 25.7 Å². The standard InChI is InChI=1S/C10H20N2O2/c1-2-12(9-3-4-9)8-7-11-6-5-10(13)14/h9,11H,2-8H2,1H3,(H,13,14). The number of hydrogen-bond donors (Lipinski definition) is 2. The lowest BCUT2D eigenvalue weighted by Crippen LogP contribution is -2.34. The minimum Gasteiger partial charge on any atom is -0.481 e. The fourth-order valence-corrected chi connectivity index (χ4v) is 1.58. The topological polar surface area (TPSA) is 52.6 Å². The van der Waals surface area contributed by atoms with Gasteiger partial charge in [-0.3, -0.25) is 9.69 Å². The molecule has 1 aliphatic rings. The number of carbonyl (C=O) groups is 1. The van der Waals surface area contributed by atoms with Gasteiger partial charge in [0.05, 0.1) is 6.42 Å². The van der Waals surface area contributed by atoms with E-state index in [-0.39, 0.29) is 6.42 Å². The van der Waals surface area contributed by atoms with Crippen LogP contribution < -0.4 is 5.32 Å². The van der Waals surface area contributed by atoms with Crippen molar-refractivity contribution in [3.05, 3.63) is 0 Å². The van der Waals surface area contributed by atoms with E-state index in [1.165, 1.54) is 12.8 Å². The maximum absolute atomic E-state index is 10.2. The largest absolute Gasteiger partial charge is 0.481 e. The van der Waals surface area contributed by atoms with Crippen molar-refractivity contribution in [1.29, 1.82) is 0 Å². The third-order valence-electron chi connectivity index (χ3n) is 2.56. The normalized spacial score (nSPS) is 16.1. The Morgan fingerprint density at radius 2 is 2.21 bits per heavy atom. The number of likely N-dealkylation sites (N-methyl/N-ethyl adjacent to an activating group) is 1. The van der Waals surface area contributed by atoms with E-state index in [2.05, 4.69) is 17.1 Å². The molecule has 0 aliphatic heterocycles. The van der Waals surface area contributed by atoms with Gasteiger partial charge >= 0.3 is 5.97 Å². The van der Waals surface area contributed by atoms with Crippen molar-refractivity contribution in [3.63, 3.8) is 0 Å².